The summed E-state index contributed by atoms with van der Waals surface area (Å²) in [5.41, 5.74) is 7.57. The van der Waals surface area contributed by atoms with Crippen molar-refractivity contribution in [1.82, 2.24) is 10.1 Å². The Morgan fingerprint density at radius 3 is 2.64 bits per heavy atom. The zero-order valence-electron chi connectivity index (χ0n) is 14.8. The van der Waals surface area contributed by atoms with Crippen molar-refractivity contribution in [3.8, 4) is 0 Å². The predicted molar refractivity (Wildman–Crippen MR) is 96.9 cm³/mol. The molecule has 4 nitrogen and oxygen atoms in total. The number of hydrogen-bond acceptors (Lipinski definition) is 4. The molecule has 25 heavy (non-hydrogen) atoms. The summed E-state index contributed by atoms with van der Waals surface area (Å²) in [6, 6.07) is 5.17. The van der Waals surface area contributed by atoms with Gasteiger partial charge in [0.2, 0.25) is 0 Å². The average Bonchev–Trinajstić information content (AvgIpc) is 3.04. The Hall–Kier alpha value is -1.46. The molecule has 1 aliphatic carbocycles. The van der Waals surface area contributed by atoms with E-state index in [0.717, 1.165) is 42.9 Å². The molecular formula is C20H28FN3O. The molecule has 1 aliphatic heterocycles. The number of rotatable bonds is 4. The van der Waals surface area contributed by atoms with Gasteiger partial charge in [0, 0.05) is 23.4 Å². The molecule has 2 aliphatic rings. The predicted octanol–water partition coefficient (Wildman–Crippen LogP) is 4.05. The largest absolute Gasteiger partial charge is 0.356 e. The molecule has 4 rings (SSSR count). The van der Waals surface area contributed by atoms with Crippen LogP contribution < -0.4 is 5.73 Å². The van der Waals surface area contributed by atoms with Crippen molar-refractivity contribution in [3.05, 3.63) is 29.7 Å². The number of aromatic nitrogens is 1. The molecule has 1 aromatic carbocycles. The summed E-state index contributed by atoms with van der Waals surface area (Å²) < 4.78 is 18.6. The normalized spacial score (nSPS) is 26.3. The van der Waals surface area contributed by atoms with E-state index in [9.17, 15) is 4.39 Å². The van der Waals surface area contributed by atoms with Crippen LogP contribution >= 0.6 is 0 Å². The molecule has 2 heterocycles. The maximum absolute atomic E-state index is 13.3. The van der Waals surface area contributed by atoms with E-state index in [0.29, 0.717) is 17.5 Å². The van der Waals surface area contributed by atoms with Gasteiger partial charge in [-0.3, -0.25) is 0 Å². The quantitative estimate of drug-likeness (QED) is 0.908. The van der Waals surface area contributed by atoms with E-state index in [1.165, 1.54) is 50.8 Å². The second-order valence-corrected chi connectivity index (χ2v) is 7.89. The van der Waals surface area contributed by atoms with E-state index in [4.69, 9.17) is 10.3 Å². The molecule has 2 aromatic rings. The van der Waals surface area contributed by atoms with Crippen molar-refractivity contribution in [2.24, 2.45) is 11.7 Å². The number of nitrogens with two attached hydrogens (primary N) is 1. The van der Waals surface area contributed by atoms with Gasteiger partial charge in [0.1, 0.15) is 5.82 Å². The van der Waals surface area contributed by atoms with Gasteiger partial charge >= 0.3 is 0 Å². The van der Waals surface area contributed by atoms with Crippen molar-refractivity contribution in [2.45, 2.75) is 56.9 Å². The smallest absolute Gasteiger partial charge is 0.170 e. The Morgan fingerprint density at radius 1 is 1.12 bits per heavy atom. The molecule has 0 spiro atoms. The Bertz CT molecular complexity index is 700. The molecule has 0 unspecified atom stereocenters. The number of hydrogen-bond donors (Lipinski definition) is 1. The Labute approximate surface area is 148 Å². The third-order valence-corrected chi connectivity index (χ3v) is 6.18. The summed E-state index contributed by atoms with van der Waals surface area (Å²) in [6.07, 6.45) is 8.53. The first-order chi connectivity index (χ1) is 12.2. The highest BCUT2D eigenvalue weighted by molar-refractivity contribution is 5.79. The first-order valence-electron chi connectivity index (χ1n) is 9.72. The molecule has 1 saturated heterocycles. The van der Waals surface area contributed by atoms with Crippen LogP contribution in [-0.4, -0.2) is 35.7 Å². The van der Waals surface area contributed by atoms with E-state index >= 15 is 0 Å². The summed E-state index contributed by atoms with van der Waals surface area (Å²) in [4.78, 5) is 2.59. The Kier molecular flexibility index (Phi) is 5.04. The van der Waals surface area contributed by atoms with Gasteiger partial charge in [0.05, 0.1) is 5.69 Å². The maximum atomic E-state index is 13.3. The summed E-state index contributed by atoms with van der Waals surface area (Å²) in [5, 5.41) is 5.21. The van der Waals surface area contributed by atoms with Crippen LogP contribution in [0.25, 0.3) is 11.0 Å². The number of piperidine rings is 1. The maximum Gasteiger partial charge on any atom is 0.170 e. The molecule has 0 atom stereocenters. The molecule has 5 heteroatoms. The highest BCUT2D eigenvalue weighted by atomic mass is 19.1. The van der Waals surface area contributed by atoms with Crippen LogP contribution in [0.4, 0.5) is 4.39 Å². The summed E-state index contributed by atoms with van der Waals surface area (Å²) in [6.45, 7) is 3.44. The summed E-state index contributed by atoms with van der Waals surface area (Å²) in [5.74, 6) is 1.02. The number of likely N-dealkylation sites (tertiary alicyclic amines) is 1. The molecule has 1 saturated carbocycles. The first-order valence-corrected chi connectivity index (χ1v) is 9.72. The van der Waals surface area contributed by atoms with E-state index in [-0.39, 0.29) is 5.82 Å². The van der Waals surface area contributed by atoms with Crippen LogP contribution in [0, 0.1) is 11.7 Å². The third kappa shape index (κ3) is 3.87. The molecule has 0 bridgehead atoms. The van der Waals surface area contributed by atoms with Crippen LogP contribution in [0.1, 0.15) is 56.6 Å². The zero-order valence-corrected chi connectivity index (χ0v) is 14.8. The van der Waals surface area contributed by atoms with Gasteiger partial charge in [0.25, 0.3) is 0 Å². The highest BCUT2D eigenvalue weighted by Gasteiger charge is 2.26. The lowest BCUT2D eigenvalue weighted by Crippen LogP contribution is -2.35. The minimum absolute atomic E-state index is 0.270. The molecular weight excluding hydrogens is 317 g/mol. The van der Waals surface area contributed by atoms with Crippen LogP contribution in [0.15, 0.2) is 22.7 Å². The van der Waals surface area contributed by atoms with Crippen molar-refractivity contribution in [1.29, 1.82) is 0 Å². The molecule has 2 N–H and O–H groups in total. The minimum Gasteiger partial charge on any atom is -0.356 e. The summed E-state index contributed by atoms with van der Waals surface area (Å²) in [7, 11) is 0. The molecule has 0 amide bonds. The standard InChI is InChI=1S/C20H28FN3O/c21-16-3-6-18-19(13-16)25-23-20(18)15-8-11-24(12-9-15)10-7-14-1-4-17(22)5-2-14/h3,6,13-15,17H,1-2,4-5,7-12,22H2. The zero-order chi connectivity index (χ0) is 17.2. The molecule has 136 valence electrons. The fourth-order valence-electron chi connectivity index (χ4n) is 4.50. The topological polar surface area (TPSA) is 55.3 Å². The van der Waals surface area contributed by atoms with Gasteiger partial charge in [-0.25, -0.2) is 4.39 Å². The fraction of sp³-hybridized carbons (Fsp3) is 0.650. The van der Waals surface area contributed by atoms with Crippen LogP contribution in [0.5, 0.6) is 0 Å². The van der Waals surface area contributed by atoms with Gasteiger partial charge in [-0.1, -0.05) is 5.16 Å². The van der Waals surface area contributed by atoms with Crippen LogP contribution in [0.3, 0.4) is 0 Å². The van der Waals surface area contributed by atoms with Crippen molar-refractivity contribution < 1.29 is 8.91 Å². The fourth-order valence-corrected chi connectivity index (χ4v) is 4.50. The van der Waals surface area contributed by atoms with Gasteiger partial charge in [-0.2, -0.15) is 0 Å². The van der Waals surface area contributed by atoms with Crippen molar-refractivity contribution in [2.75, 3.05) is 19.6 Å². The number of benzene rings is 1. The SMILES string of the molecule is NC1CCC(CCN2CCC(c3noc4cc(F)ccc34)CC2)CC1. The Balaban J connectivity index is 1.29. The van der Waals surface area contributed by atoms with E-state index < -0.39 is 0 Å². The lowest BCUT2D eigenvalue weighted by molar-refractivity contribution is 0.184. The second-order valence-electron chi connectivity index (χ2n) is 7.89. The number of fused-ring (bicyclic) bond motifs is 1. The minimum atomic E-state index is -0.270. The van der Waals surface area contributed by atoms with Crippen molar-refractivity contribution >= 4 is 11.0 Å². The first kappa shape index (κ1) is 17.0. The van der Waals surface area contributed by atoms with Gasteiger partial charge in [0.15, 0.2) is 5.58 Å². The van der Waals surface area contributed by atoms with Crippen LogP contribution in [0.2, 0.25) is 0 Å². The second kappa shape index (κ2) is 7.42. The lowest BCUT2D eigenvalue weighted by Gasteiger charge is -2.33. The van der Waals surface area contributed by atoms with E-state index in [2.05, 4.69) is 10.1 Å². The summed E-state index contributed by atoms with van der Waals surface area (Å²) >= 11 is 0. The third-order valence-electron chi connectivity index (χ3n) is 6.18. The van der Waals surface area contributed by atoms with E-state index in [1.54, 1.807) is 6.07 Å². The molecule has 1 aromatic heterocycles. The molecule has 0 radical (unpaired) electrons. The van der Waals surface area contributed by atoms with Gasteiger partial charge < -0.3 is 15.2 Å². The van der Waals surface area contributed by atoms with Crippen molar-refractivity contribution in [3.63, 3.8) is 0 Å². The van der Waals surface area contributed by atoms with Crippen LogP contribution in [-0.2, 0) is 0 Å². The van der Waals surface area contributed by atoms with Gasteiger partial charge in [-0.05, 0) is 82.6 Å². The lowest BCUT2D eigenvalue weighted by atomic mass is 9.84. The Morgan fingerprint density at radius 2 is 1.88 bits per heavy atom. The molecule has 2 fully saturated rings. The number of halogens is 1. The van der Waals surface area contributed by atoms with Gasteiger partial charge in [-0.15, -0.1) is 0 Å². The highest BCUT2D eigenvalue weighted by Crippen LogP contribution is 2.33. The monoisotopic (exact) mass is 345 g/mol. The number of nitrogens with zero attached hydrogens (tertiary/aromatic N) is 2. The van der Waals surface area contributed by atoms with E-state index in [1.807, 2.05) is 0 Å². The average molecular weight is 345 g/mol.